The monoisotopic (exact) mass is 285 g/mol. The molecule has 2 atom stereocenters. The molecule has 0 N–H and O–H groups in total. The molecule has 1 aromatic rings. The number of aryl methyl sites for hydroxylation is 1. The maximum atomic E-state index is 12.8. The van der Waals surface area contributed by atoms with Crippen LogP contribution < -0.4 is 10.2 Å². The Labute approximate surface area is 118 Å². The standard InChI is InChI=1S/C15H21BF3O/c1-3-12-5-4-6-13(10-12)20-14-7-8-15(11(2)9-14)16(17,18)19/h7-9,12-13H,3-6,10H2,1-2H3/q-1. The van der Waals surface area contributed by atoms with Crippen molar-refractivity contribution in [2.75, 3.05) is 0 Å². The molecule has 0 amide bonds. The highest BCUT2D eigenvalue weighted by Gasteiger charge is 2.27. The van der Waals surface area contributed by atoms with Crippen molar-refractivity contribution in [1.82, 2.24) is 0 Å². The summed E-state index contributed by atoms with van der Waals surface area (Å²) < 4.78 is 44.1. The predicted octanol–water partition coefficient (Wildman–Crippen LogP) is 4.40. The number of rotatable bonds is 4. The van der Waals surface area contributed by atoms with E-state index in [4.69, 9.17) is 4.74 Å². The Morgan fingerprint density at radius 3 is 2.60 bits per heavy atom. The summed E-state index contributed by atoms with van der Waals surface area (Å²) in [4.78, 5) is 0. The molecule has 20 heavy (non-hydrogen) atoms. The van der Waals surface area contributed by atoms with E-state index in [1.54, 1.807) is 0 Å². The highest BCUT2D eigenvalue weighted by atomic mass is 19.4. The van der Waals surface area contributed by atoms with Crippen molar-refractivity contribution in [2.24, 2.45) is 5.92 Å². The van der Waals surface area contributed by atoms with Crippen molar-refractivity contribution in [3.05, 3.63) is 23.8 Å². The van der Waals surface area contributed by atoms with Crippen molar-refractivity contribution in [3.8, 4) is 5.75 Å². The third kappa shape index (κ3) is 3.71. The maximum Gasteiger partial charge on any atom is 0.509 e. The first kappa shape index (κ1) is 15.3. The fourth-order valence-electron chi connectivity index (χ4n) is 3.00. The number of benzene rings is 1. The van der Waals surface area contributed by atoms with Gasteiger partial charge in [-0.05, 0) is 44.2 Å². The number of ether oxygens (including phenoxy) is 1. The molecular weight excluding hydrogens is 264 g/mol. The normalized spacial score (nSPS) is 23.6. The number of hydrogen-bond acceptors (Lipinski definition) is 1. The highest BCUT2D eigenvalue weighted by Crippen LogP contribution is 2.30. The minimum Gasteiger partial charge on any atom is -0.490 e. The molecule has 1 nitrogen and oxygen atoms in total. The predicted molar refractivity (Wildman–Crippen MR) is 76.6 cm³/mol. The molecule has 2 rings (SSSR count). The Kier molecular flexibility index (Phi) is 4.66. The smallest absolute Gasteiger partial charge is 0.490 e. The number of halogens is 3. The van der Waals surface area contributed by atoms with E-state index < -0.39 is 12.4 Å². The molecule has 1 aliphatic carbocycles. The van der Waals surface area contributed by atoms with E-state index >= 15 is 0 Å². The Balaban J connectivity index is 2.05. The SMILES string of the molecule is CCC1CCCC(Oc2ccc([B-](F)(F)F)c(C)c2)C1. The zero-order valence-corrected chi connectivity index (χ0v) is 12.0. The third-order valence-corrected chi connectivity index (χ3v) is 4.21. The fraction of sp³-hybridized carbons (Fsp3) is 0.600. The molecule has 0 spiro atoms. The van der Waals surface area contributed by atoms with Gasteiger partial charge in [0.2, 0.25) is 0 Å². The van der Waals surface area contributed by atoms with Gasteiger partial charge in [-0.2, -0.15) is 0 Å². The van der Waals surface area contributed by atoms with Crippen LogP contribution in [0.15, 0.2) is 18.2 Å². The maximum absolute atomic E-state index is 12.8. The molecule has 0 aromatic heterocycles. The second-order valence-electron chi connectivity index (χ2n) is 5.77. The van der Waals surface area contributed by atoms with Crippen LogP contribution in [0.25, 0.3) is 0 Å². The molecule has 1 saturated carbocycles. The Morgan fingerprint density at radius 2 is 2.00 bits per heavy atom. The first-order valence-corrected chi connectivity index (χ1v) is 7.37. The highest BCUT2D eigenvalue weighted by molar-refractivity contribution is 6.74. The second-order valence-corrected chi connectivity index (χ2v) is 5.77. The quantitative estimate of drug-likeness (QED) is 0.745. The largest absolute Gasteiger partial charge is 0.509 e. The molecule has 1 fully saturated rings. The Morgan fingerprint density at radius 1 is 1.25 bits per heavy atom. The number of hydrogen-bond donors (Lipinski definition) is 0. The van der Waals surface area contributed by atoms with Gasteiger partial charge in [-0.15, -0.1) is 5.46 Å². The average molecular weight is 285 g/mol. The van der Waals surface area contributed by atoms with Crippen LogP contribution in [-0.2, 0) is 0 Å². The van der Waals surface area contributed by atoms with Gasteiger partial charge < -0.3 is 17.7 Å². The van der Waals surface area contributed by atoms with Crippen molar-refractivity contribution < 1.29 is 17.7 Å². The van der Waals surface area contributed by atoms with Gasteiger partial charge >= 0.3 is 6.98 Å². The minimum atomic E-state index is -4.94. The van der Waals surface area contributed by atoms with Crippen LogP contribution in [0.2, 0.25) is 0 Å². The lowest BCUT2D eigenvalue weighted by atomic mass is 9.77. The third-order valence-electron chi connectivity index (χ3n) is 4.21. The summed E-state index contributed by atoms with van der Waals surface area (Å²) in [6.07, 6.45) is 5.70. The first-order valence-electron chi connectivity index (χ1n) is 7.37. The molecule has 0 heterocycles. The van der Waals surface area contributed by atoms with E-state index in [0.29, 0.717) is 11.7 Å². The minimum absolute atomic E-state index is 0.148. The van der Waals surface area contributed by atoms with Crippen LogP contribution in [0, 0.1) is 12.8 Å². The first-order chi connectivity index (χ1) is 9.40. The van der Waals surface area contributed by atoms with Crippen LogP contribution in [0.4, 0.5) is 12.9 Å². The summed E-state index contributed by atoms with van der Waals surface area (Å²) in [5.74, 6) is 1.25. The van der Waals surface area contributed by atoms with Crippen LogP contribution in [0.5, 0.6) is 5.75 Å². The molecule has 112 valence electrons. The lowest BCUT2D eigenvalue weighted by Crippen LogP contribution is -2.36. The van der Waals surface area contributed by atoms with Crippen molar-refractivity contribution >= 4 is 12.4 Å². The molecule has 5 heteroatoms. The summed E-state index contributed by atoms with van der Waals surface area (Å²) in [7, 11) is 0. The van der Waals surface area contributed by atoms with E-state index in [9.17, 15) is 12.9 Å². The average Bonchev–Trinajstić information content (AvgIpc) is 2.37. The molecule has 1 aromatic carbocycles. The topological polar surface area (TPSA) is 9.23 Å². The van der Waals surface area contributed by atoms with Gasteiger partial charge in [-0.3, -0.25) is 0 Å². The van der Waals surface area contributed by atoms with E-state index in [2.05, 4.69) is 6.92 Å². The molecule has 0 bridgehead atoms. The van der Waals surface area contributed by atoms with E-state index in [-0.39, 0.29) is 11.7 Å². The fourth-order valence-corrected chi connectivity index (χ4v) is 3.00. The van der Waals surface area contributed by atoms with E-state index in [0.717, 1.165) is 31.7 Å². The van der Waals surface area contributed by atoms with Gasteiger partial charge in [0.25, 0.3) is 0 Å². The van der Waals surface area contributed by atoms with Gasteiger partial charge in [0, 0.05) is 0 Å². The van der Waals surface area contributed by atoms with E-state index in [1.807, 2.05) is 0 Å². The van der Waals surface area contributed by atoms with Gasteiger partial charge in [0.05, 0.1) is 6.10 Å². The lowest BCUT2D eigenvalue weighted by molar-refractivity contribution is 0.122. The molecule has 2 unspecified atom stereocenters. The summed E-state index contributed by atoms with van der Waals surface area (Å²) in [5.41, 5.74) is -0.273. The molecule has 0 radical (unpaired) electrons. The summed E-state index contributed by atoms with van der Waals surface area (Å²) in [6, 6.07) is 4.11. The van der Waals surface area contributed by atoms with Crippen LogP contribution in [0.1, 0.15) is 44.6 Å². The van der Waals surface area contributed by atoms with Crippen LogP contribution >= 0.6 is 0 Å². The molecular formula is C15H21BF3O-. The van der Waals surface area contributed by atoms with Gasteiger partial charge in [0.15, 0.2) is 0 Å². The zero-order chi connectivity index (χ0) is 14.8. The second kappa shape index (κ2) is 6.11. The Bertz CT molecular complexity index is 459. The van der Waals surface area contributed by atoms with Crippen molar-refractivity contribution in [1.29, 1.82) is 0 Å². The van der Waals surface area contributed by atoms with Crippen LogP contribution in [-0.4, -0.2) is 13.1 Å². The molecule has 1 aliphatic rings. The van der Waals surface area contributed by atoms with Gasteiger partial charge in [-0.1, -0.05) is 31.4 Å². The lowest BCUT2D eigenvalue weighted by Gasteiger charge is -2.29. The van der Waals surface area contributed by atoms with Crippen molar-refractivity contribution in [3.63, 3.8) is 0 Å². The summed E-state index contributed by atoms with van der Waals surface area (Å²) in [5, 5.41) is 0. The van der Waals surface area contributed by atoms with Crippen LogP contribution in [0.3, 0.4) is 0 Å². The molecule has 0 aliphatic heterocycles. The summed E-state index contributed by atoms with van der Waals surface area (Å²) >= 11 is 0. The summed E-state index contributed by atoms with van der Waals surface area (Å²) in [6.45, 7) is -1.27. The van der Waals surface area contributed by atoms with Gasteiger partial charge in [-0.25, -0.2) is 0 Å². The zero-order valence-electron chi connectivity index (χ0n) is 12.0. The van der Waals surface area contributed by atoms with E-state index in [1.165, 1.54) is 25.5 Å². The molecule has 0 saturated heterocycles. The Hall–Kier alpha value is -1.13. The van der Waals surface area contributed by atoms with Crippen molar-refractivity contribution in [2.45, 2.75) is 52.1 Å². The van der Waals surface area contributed by atoms with Gasteiger partial charge in [0.1, 0.15) is 5.75 Å².